The Balaban J connectivity index is 1.47. The van der Waals surface area contributed by atoms with E-state index < -0.39 is 5.60 Å². The van der Waals surface area contributed by atoms with Crippen LogP contribution in [0.5, 0.6) is 5.75 Å². The van der Waals surface area contributed by atoms with E-state index >= 15 is 0 Å². The molecule has 1 aliphatic heterocycles. The molecular formula is C25H38N2O5S. The second kappa shape index (κ2) is 11.4. The Labute approximate surface area is 201 Å². The summed E-state index contributed by atoms with van der Waals surface area (Å²) in [4.78, 5) is 19.7. The summed E-state index contributed by atoms with van der Waals surface area (Å²) in [6, 6.07) is 3.79. The maximum absolute atomic E-state index is 13.3. The molecule has 8 heteroatoms. The lowest BCUT2D eigenvalue weighted by molar-refractivity contribution is -0.229. The average Bonchev–Trinajstić information content (AvgIpc) is 3.65. The lowest BCUT2D eigenvalue weighted by atomic mass is 9.79. The zero-order valence-electron chi connectivity index (χ0n) is 20.2. The number of ether oxygens (including phenoxy) is 4. The van der Waals surface area contributed by atoms with E-state index in [1.807, 2.05) is 23.9 Å². The SMILES string of the molecule is COCO[C@@]1(Cc2cc(O[C@H]3CC[C@H](C)CC3)ccn2)C(=O)N(COC)[C@H]1CSCC1CC1. The van der Waals surface area contributed by atoms with Crippen molar-refractivity contribution in [3.05, 3.63) is 24.0 Å². The summed E-state index contributed by atoms with van der Waals surface area (Å²) in [6.45, 7) is 2.64. The summed E-state index contributed by atoms with van der Waals surface area (Å²) in [5.41, 5.74) is -0.188. The van der Waals surface area contributed by atoms with Gasteiger partial charge in [-0.05, 0) is 62.2 Å². The van der Waals surface area contributed by atoms with Crippen LogP contribution in [0.1, 0.15) is 51.1 Å². The van der Waals surface area contributed by atoms with Crippen LogP contribution in [-0.4, -0.2) is 72.8 Å². The molecule has 0 N–H and O–H groups in total. The van der Waals surface area contributed by atoms with Crippen LogP contribution in [0.2, 0.25) is 0 Å². The largest absolute Gasteiger partial charge is 0.490 e. The van der Waals surface area contributed by atoms with E-state index in [1.54, 1.807) is 25.3 Å². The van der Waals surface area contributed by atoms with Crippen LogP contribution in [-0.2, 0) is 25.4 Å². The zero-order valence-corrected chi connectivity index (χ0v) is 21.0. The van der Waals surface area contributed by atoms with Crippen molar-refractivity contribution in [1.82, 2.24) is 9.88 Å². The molecule has 1 amide bonds. The maximum Gasteiger partial charge on any atom is 0.259 e. The first kappa shape index (κ1) is 24.8. The van der Waals surface area contributed by atoms with Crippen molar-refractivity contribution < 1.29 is 23.7 Å². The minimum atomic E-state index is -0.989. The molecular weight excluding hydrogens is 440 g/mol. The van der Waals surface area contributed by atoms with E-state index in [0.29, 0.717) is 6.42 Å². The first-order chi connectivity index (χ1) is 16.1. The summed E-state index contributed by atoms with van der Waals surface area (Å²) in [6.07, 6.45) is 9.65. The summed E-state index contributed by atoms with van der Waals surface area (Å²) in [5.74, 6) is 4.31. The van der Waals surface area contributed by atoms with E-state index in [2.05, 4.69) is 11.9 Å². The number of likely N-dealkylation sites (tertiary alicyclic amines) is 1. The quantitative estimate of drug-likeness (QED) is 0.315. The van der Waals surface area contributed by atoms with Gasteiger partial charge in [-0.2, -0.15) is 11.8 Å². The van der Waals surface area contributed by atoms with E-state index in [1.165, 1.54) is 25.7 Å². The molecule has 2 atom stereocenters. The molecule has 1 aromatic rings. The minimum absolute atomic E-state index is 0.0622. The minimum Gasteiger partial charge on any atom is -0.490 e. The van der Waals surface area contributed by atoms with Crippen molar-refractivity contribution in [2.45, 2.75) is 69.6 Å². The van der Waals surface area contributed by atoms with Crippen LogP contribution in [0.4, 0.5) is 0 Å². The van der Waals surface area contributed by atoms with E-state index in [9.17, 15) is 4.79 Å². The van der Waals surface area contributed by atoms with E-state index in [4.69, 9.17) is 18.9 Å². The van der Waals surface area contributed by atoms with Crippen molar-refractivity contribution in [3.63, 3.8) is 0 Å². The molecule has 1 aromatic heterocycles. The highest BCUT2D eigenvalue weighted by Crippen LogP contribution is 2.41. The fourth-order valence-electron chi connectivity index (χ4n) is 4.86. The number of β-lactam (4-membered cyclic amide) rings is 1. The number of rotatable bonds is 13. The van der Waals surface area contributed by atoms with Gasteiger partial charge in [0.15, 0.2) is 5.60 Å². The summed E-state index contributed by atoms with van der Waals surface area (Å²) in [5, 5.41) is 0. The van der Waals surface area contributed by atoms with Gasteiger partial charge >= 0.3 is 0 Å². The highest BCUT2D eigenvalue weighted by Gasteiger charge is 2.62. The normalized spacial score (nSPS) is 29.7. The van der Waals surface area contributed by atoms with Gasteiger partial charge in [0.25, 0.3) is 5.91 Å². The molecule has 2 aliphatic carbocycles. The van der Waals surface area contributed by atoms with E-state index in [0.717, 1.165) is 47.6 Å². The molecule has 0 spiro atoms. The van der Waals surface area contributed by atoms with Crippen molar-refractivity contribution in [2.75, 3.05) is 39.2 Å². The van der Waals surface area contributed by atoms with Crippen molar-refractivity contribution >= 4 is 17.7 Å². The third-order valence-electron chi connectivity index (χ3n) is 7.06. The molecule has 2 heterocycles. The third kappa shape index (κ3) is 6.02. The Morgan fingerprint density at radius 3 is 2.61 bits per heavy atom. The number of amides is 1. The molecule has 4 rings (SSSR count). The van der Waals surface area contributed by atoms with Crippen LogP contribution >= 0.6 is 11.8 Å². The highest BCUT2D eigenvalue weighted by molar-refractivity contribution is 7.99. The van der Waals surface area contributed by atoms with Crippen LogP contribution < -0.4 is 4.74 Å². The number of aromatic nitrogens is 1. The van der Waals surface area contributed by atoms with Gasteiger partial charge in [-0.25, -0.2) is 0 Å². The van der Waals surface area contributed by atoms with Crippen molar-refractivity contribution in [1.29, 1.82) is 0 Å². The Morgan fingerprint density at radius 2 is 1.91 bits per heavy atom. The van der Waals surface area contributed by atoms with Gasteiger partial charge in [0.1, 0.15) is 19.3 Å². The monoisotopic (exact) mass is 478 g/mol. The Bertz CT molecular complexity index is 784. The molecule has 0 aromatic carbocycles. The lowest BCUT2D eigenvalue weighted by Crippen LogP contribution is -2.77. The summed E-state index contributed by atoms with van der Waals surface area (Å²) < 4.78 is 22.9. The van der Waals surface area contributed by atoms with Gasteiger partial charge in [-0.15, -0.1) is 0 Å². The summed E-state index contributed by atoms with van der Waals surface area (Å²) in [7, 11) is 3.20. The Kier molecular flexibility index (Phi) is 8.54. The predicted molar refractivity (Wildman–Crippen MR) is 128 cm³/mol. The molecule has 0 unspecified atom stereocenters. The molecule has 0 radical (unpaired) electrons. The van der Waals surface area contributed by atoms with Crippen molar-refractivity contribution in [2.24, 2.45) is 11.8 Å². The van der Waals surface area contributed by atoms with Crippen LogP contribution in [0.3, 0.4) is 0 Å². The standard InChI is InChI=1S/C25H38N2O5S/c1-18-4-8-21(9-5-18)32-22-10-11-26-20(12-22)13-25(31-17-30-3)23(15-33-14-19-6-7-19)27(16-29-2)24(25)28/h10-12,18-19,21,23H,4-9,13-17H2,1-3H3/t18-,21-,23-,25+/m0/s1. The first-order valence-electron chi connectivity index (χ1n) is 12.2. The second-order valence-corrected chi connectivity index (χ2v) is 10.9. The molecule has 1 saturated heterocycles. The highest BCUT2D eigenvalue weighted by atomic mass is 32.2. The number of methoxy groups -OCH3 is 2. The summed E-state index contributed by atoms with van der Waals surface area (Å²) >= 11 is 1.90. The Hall–Kier alpha value is -1.35. The van der Waals surface area contributed by atoms with Gasteiger partial charge < -0.3 is 23.8 Å². The molecule has 2 saturated carbocycles. The van der Waals surface area contributed by atoms with Gasteiger partial charge in [0.05, 0.1) is 12.1 Å². The molecule has 0 bridgehead atoms. The van der Waals surface area contributed by atoms with Gasteiger partial charge in [0.2, 0.25) is 0 Å². The number of nitrogens with zero attached hydrogens (tertiary/aromatic N) is 2. The number of hydrogen-bond donors (Lipinski definition) is 0. The Morgan fingerprint density at radius 1 is 1.12 bits per heavy atom. The molecule has 3 fully saturated rings. The molecule has 3 aliphatic rings. The average molecular weight is 479 g/mol. The maximum atomic E-state index is 13.3. The predicted octanol–water partition coefficient (Wildman–Crippen LogP) is 3.90. The number of pyridine rings is 1. The van der Waals surface area contributed by atoms with Gasteiger partial charge in [0, 0.05) is 44.4 Å². The van der Waals surface area contributed by atoms with Crippen LogP contribution in [0, 0.1) is 11.8 Å². The molecule has 184 valence electrons. The van der Waals surface area contributed by atoms with E-state index in [-0.39, 0.29) is 31.6 Å². The number of carbonyl (C=O) groups is 1. The topological polar surface area (TPSA) is 70.1 Å². The fraction of sp³-hybridized carbons (Fsp3) is 0.760. The number of hydrogen-bond acceptors (Lipinski definition) is 7. The van der Waals surface area contributed by atoms with Gasteiger partial charge in [-0.1, -0.05) is 6.92 Å². The number of thioether (sulfide) groups is 1. The smallest absolute Gasteiger partial charge is 0.259 e. The van der Waals surface area contributed by atoms with Crippen LogP contribution in [0.15, 0.2) is 18.3 Å². The fourth-order valence-corrected chi connectivity index (χ4v) is 6.33. The molecule has 7 nitrogen and oxygen atoms in total. The second-order valence-electron chi connectivity index (χ2n) is 9.79. The molecule has 33 heavy (non-hydrogen) atoms. The zero-order chi connectivity index (χ0) is 23.3. The van der Waals surface area contributed by atoms with Gasteiger partial charge in [-0.3, -0.25) is 9.78 Å². The van der Waals surface area contributed by atoms with Crippen molar-refractivity contribution in [3.8, 4) is 5.75 Å². The first-order valence-corrected chi connectivity index (χ1v) is 13.3. The lowest BCUT2D eigenvalue weighted by Gasteiger charge is -2.54. The number of carbonyl (C=O) groups excluding carboxylic acids is 1. The van der Waals surface area contributed by atoms with Crippen LogP contribution in [0.25, 0.3) is 0 Å². The third-order valence-corrected chi connectivity index (χ3v) is 8.32.